The molecule has 1 N–H and O–H groups in total. The van der Waals surface area contributed by atoms with E-state index in [0.717, 1.165) is 5.56 Å². The van der Waals surface area contributed by atoms with Gasteiger partial charge in [-0.3, -0.25) is 14.5 Å². The van der Waals surface area contributed by atoms with E-state index in [0.29, 0.717) is 50.7 Å². The standard InChI is InChI=1S/C29H33ClFN3O5/c1-28(17-38-18-28)26(36)34-13-11-20(12-14-34)25(35)29(16-32-15-24(29)19-3-5-21(30)6-4-19)33(2)27(37)39-23-9-7-22(31)8-10-23/h3-10,20,24,32H,11-18H2,1-2H3/t24-,29+/m0/s1. The number of ether oxygens (including phenoxy) is 2. The van der Waals surface area contributed by atoms with Gasteiger partial charge in [-0.15, -0.1) is 0 Å². The first-order valence-corrected chi connectivity index (χ1v) is 13.6. The van der Waals surface area contributed by atoms with Crippen LogP contribution in [0.3, 0.4) is 0 Å². The predicted octanol–water partition coefficient (Wildman–Crippen LogP) is 3.88. The van der Waals surface area contributed by atoms with Crippen molar-refractivity contribution in [1.29, 1.82) is 0 Å². The molecule has 3 aliphatic heterocycles. The van der Waals surface area contributed by atoms with Crippen LogP contribution in [-0.2, 0) is 14.3 Å². The van der Waals surface area contributed by atoms with Gasteiger partial charge in [0.15, 0.2) is 5.78 Å². The lowest BCUT2D eigenvalue weighted by molar-refractivity contribution is -0.170. The number of likely N-dealkylation sites (N-methyl/N-ethyl adjacent to an activating group) is 1. The van der Waals surface area contributed by atoms with E-state index in [2.05, 4.69) is 5.32 Å². The number of nitrogens with one attached hydrogen (secondary N) is 1. The Bertz CT molecular complexity index is 1230. The Hall–Kier alpha value is -3.01. The topological polar surface area (TPSA) is 88.2 Å². The molecule has 2 amide bonds. The Kier molecular flexibility index (Phi) is 7.68. The van der Waals surface area contributed by atoms with Crippen molar-refractivity contribution in [2.45, 2.75) is 31.2 Å². The first-order chi connectivity index (χ1) is 18.6. The molecule has 0 bridgehead atoms. The van der Waals surface area contributed by atoms with Crippen LogP contribution in [0.15, 0.2) is 48.5 Å². The highest BCUT2D eigenvalue weighted by atomic mass is 35.5. The normalized spacial score (nSPS) is 24.6. The molecule has 2 atom stereocenters. The first kappa shape index (κ1) is 27.6. The number of benzene rings is 2. The summed E-state index contributed by atoms with van der Waals surface area (Å²) in [6, 6.07) is 12.5. The number of piperidine rings is 1. The van der Waals surface area contributed by atoms with E-state index >= 15 is 0 Å². The van der Waals surface area contributed by atoms with Crippen LogP contribution >= 0.6 is 11.6 Å². The van der Waals surface area contributed by atoms with Gasteiger partial charge < -0.3 is 19.7 Å². The van der Waals surface area contributed by atoms with E-state index in [-0.39, 0.29) is 35.8 Å². The number of amides is 2. The summed E-state index contributed by atoms with van der Waals surface area (Å²) in [4.78, 5) is 44.1. The first-order valence-electron chi connectivity index (χ1n) is 13.2. The summed E-state index contributed by atoms with van der Waals surface area (Å²) in [6.07, 6.45) is 0.317. The molecule has 0 aromatic heterocycles. The van der Waals surface area contributed by atoms with Crippen molar-refractivity contribution in [3.05, 3.63) is 64.9 Å². The minimum Gasteiger partial charge on any atom is -0.410 e. The molecule has 2 aromatic rings. The number of nitrogens with zero attached hydrogens (tertiary/aromatic N) is 2. The summed E-state index contributed by atoms with van der Waals surface area (Å²) >= 11 is 6.14. The van der Waals surface area contributed by atoms with Gasteiger partial charge in [0.2, 0.25) is 5.91 Å². The molecule has 3 saturated heterocycles. The van der Waals surface area contributed by atoms with Crippen LogP contribution in [0.4, 0.5) is 9.18 Å². The fourth-order valence-corrected chi connectivity index (χ4v) is 6.14. The second-order valence-electron chi connectivity index (χ2n) is 11.0. The van der Waals surface area contributed by atoms with Gasteiger partial charge in [0.25, 0.3) is 0 Å². The number of halogens is 2. The number of hydrogen-bond acceptors (Lipinski definition) is 6. The summed E-state index contributed by atoms with van der Waals surface area (Å²) in [5, 5.41) is 3.91. The number of hydrogen-bond donors (Lipinski definition) is 1. The van der Waals surface area contributed by atoms with Gasteiger partial charge in [0.1, 0.15) is 17.1 Å². The van der Waals surface area contributed by atoms with Crippen molar-refractivity contribution in [3.63, 3.8) is 0 Å². The highest BCUT2D eigenvalue weighted by Crippen LogP contribution is 2.41. The summed E-state index contributed by atoms with van der Waals surface area (Å²) in [7, 11) is 1.58. The lowest BCUT2D eigenvalue weighted by atomic mass is 9.72. The molecule has 8 nitrogen and oxygen atoms in total. The number of rotatable bonds is 6. The third-order valence-electron chi connectivity index (χ3n) is 8.42. The van der Waals surface area contributed by atoms with Crippen LogP contribution in [0.1, 0.15) is 31.2 Å². The van der Waals surface area contributed by atoms with Gasteiger partial charge in [-0.2, -0.15) is 0 Å². The van der Waals surface area contributed by atoms with Gasteiger partial charge in [-0.1, -0.05) is 23.7 Å². The molecular formula is C29H33ClFN3O5. The Morgan fingerprint density at radius 3 is 2.31 bits per heavy atom. The fourth-order valence-electron chi connectivity index (χ4n) is 6.01. The molecule has 0 saturated carbocycles. The summed E-state index contributed by atoms with van der Waals surface area (Å²) < 4.78 is 24.2. The zero-order valence-corrected chi connectivity index (χ0v) is 22.9. The third kappa shape index (κ3) is 5.15. The Morgan fingerprint density at radius 1 is 1.08 bits per heavy atom. The van der Waals surface area contributed by atoms with Crippen molar-refractivity contribution in [2.75, 3.05) is 46.4 Å². The number of ketones is 1. The fraction of sp³-hybridized carbons (Fsp3) is 0.483. The van der Waals surface area contributed by atoms with Crippen molar-refractivity contribution in [3.8, 4) is 5.75 Å². The van der Waals surface area contributed by atoms with Crippen LogP contribution in [-0.4, -0.2) is 79.6 Å². The minimum absolute atomic E-state index is 0.0590. The largest absolute Gasteiger partial charge is 0.415 e. The lowest BCUT2D eigenvalue weighted by Gasteiger charge is -2.45. The number of Topliss-reactive ketones (excluding diaryl/α,β-unsaturated/α-hetero) is 1. The molecule has 0 unspecified atom stereocenters. The molecule has 3 fully saturated rings. The van der Waals surface area contributed by atoms with E-state index in [4.69, 9.17) is 21.1 Å². The van der Waals surface area contributed by atoms with Crippen molar-refractivity contribution >= 4 is 29.4 Å². The van der Waals surface area contributed by atoms with E-state index in [1.165, 1.54) is 29.2 Å². The average Bonchev–Trinajstić information content (AvgIpc) is 3.38. The smallest absolute Gasteiger partial charge is 0.410 e. The summed E-state index contributed by atoms with van der Waals surface area (Å²) in [5.41, 5.74) is -0.836. The molecule has 39 heavy (non-hydrogen) atoms. The number of likely N-dealkylation sites (tertiary alicyclic amines) is 1. The lowest BCUT2D eigenvalue weighted by Crippen LogP contribution is -2.63. The summed E-state index contributed by atoms with van der Waals surface area (Å²) in [6.45, 7) is 4.44. The summed E-state index contributed by atoms with van der Waals surface area (Å²) in [5.74, 6) is -0.937. The SMILES string of the molecule is CN(C(=O)Oc1ccc(F)cc1)[C@]1(C(=O)C2CCN(C(=O)C3(C)COC3)CC2)CNC[C@H]1c1ccc(Cl)cc1. The monoisotopic (exact) mass is 557 g/mol. The zero-order chi connectivity index (χ0) is 27.8. The van der Waals surface area contributed by atoms with E-state index in [9.17, 15) is 18.8 Å². The molecule has 0 aliphatic carbocycles. The molecule has 5 rings (SSSR count). The molecule has 0 spiro atoms. The van der Waals surface area contributed by atoms with Gasteiger partial charge in [0.05, 0.1) is 18.6 Å². The Labute approximate surface area is 232 Å². The molecule has 10 heteroatoms. The molecule has 3 heterocycles. The van der Waals surface area contributed by atoms with Crippen LogP contribution in [0.2, 0.25) is 5.02 Å². The molecular weight excluding hydrogens is 525 g/mol. The second-order valence-corrected chi connectivity index (χ2v) is 11.5. The molecule has 0 radical (unpaired) electrons. The average molecular weight is 558 g/mol. The Morgan fingerprint density at radius 2 is 1.72 bits per heavy atom. The van der Waals surface area contributed by atoms with Gasteiger partial charge >= 0.3 is 6.09 Å². The zero-order valence-electron chi connectivity index (χ0n) is 22.1. The molecule has 208 valence electrons. The Balaban J connectivity index is 1.40. The number of carbonyl (C=O) groups is 3. The quantitative estimate of drug-likeness (QED) is 0.580. The van der Waals surface area contributed by atoms with Crippen molar-refractivity contribution in [2.24, 2.45) is 11.3 Å². The predicted molar refractivity (Wildman–Crippen MR) is 143 cm³/mol. The maximum atomic E-state index is 14.5. The second kappa shape index (κ2) is 10.9. The van der Waals surface area contributed by atoms with Crippen LogP contribution in [0.5, 0.6) is 5.75 Å². The van der Waals surface area contributed by atoms with E-state index in [1.807, 2.05) is 24.0 Å². The third-order valence-corrected chi connectivity index (χ3v) is 8.67. The highest BCUT2D eigenvalue weighted by Gasteiger charge is 2.56. The molecule has 2 aromatic carbocycles. The molecule has 3 aliphatic rings. The minimum atomic E-state index is -1.23. The van der Waals surface area contributed by atoms with E-state index in [1.54, 1.807) is 19.2 Å². The number of carbonyl (C=O) groups excluding carboxylic acids is 3. The van der Waals surface area contributed by atoms with Crippen molar-refractivity contribution in [1.82, 2.24) is 15.1 Å². The van der Waals surface area contributed by atoms with Gasteiger partial charge in [0, 0.05) is 50.1 Å². The van der Waals surface area contributed by atoms with Crippen LogP contribution < -0.4 is 10.1 Å². The van der Waals surface area contributed by atoms with Crippen LogP contribution in [0, 0.1) is 17.2 Å². The van der Waals surface area contributed by atoms with Crippen LogP contribution in [0.25, 0.3) is 0 Å². The van der Waals surface area contributed by atoms with E-state index < -0.39 is 22.9 Å². The van der Waals surface area contributed by atoms with Gasteiger partial charge in [-0.05, 0) is 61.7 Å². The highest BCUT2D eigenvalue weighted by molar-refractivity contribution is 6.30. The maximum Gasteiger partial charge on any atom is 0.415 e. The maximum absolute atomic E-state index is 14.5. The van der Waals surface area contributed by atoms with Crippen molar-refractivity contribution < 1.29 is 28.2 Å². The van der Waals surface area contributed by atoms with Gasteiger partial charge in [-0.25, -0.2) is 9.18 Å².